The van der Waals surface area contributed by atoms with Crippen molar-refractivity contribution in [2.45, 2.75) is 20.3 Å². The number of halogens is 1. The van der Waals surface area contributed by atoms with E-state index in [4.69, 9.17) is 11.6 Å². The molecule has 1 aromatic carbocycles. The van der Waals surface area contributed by atoms with E-state index in [0.717, 1.165) is 22.6 Å². The molecule has 0 unspecified atom stereocenters. The van der Waals surface area contributed by atoms with Gasteiger partial charge in [-0.1, -0.05) is 37.2 Å². The van der Waals surface area contributed by atoms with Crippen molar-refractivity contribution in [2.24, 2.45) is 0 Å². The van der Waals surface area contributed by atoms with E-state index < -0.39 is 0 Å². The minimum absolute atomic E-state index is 0.807. The second-order valence-corrected chi connectivity index (χ2v) is 3.32. The molecule has 0 N–H and O–H groups in total. The van der Waals surface area contributed by atoms with Crippen molar-refractivity contribution in [1.29, 1.82) is 0 Å². The van der Waals surface area contributed by atoms with Crippen molar-refractivity contribution < 1.29 is 0 Å². The molecule has 0 aliphatic heterocycles. The molecule has 0 amide bonds. The largest absolute Gasteiger partial charge is 0.0955 e. The Labute approximate surface area is 78.9 Å². The van der Waals surface area contributed by atoms with Crippen LogP contribution in [0.5, 0.6) is 0 Å². The predicted molar refractivity (Wildman–Crippen MR) is 55.5 cm³/mol. The van der Waals surface area contributed by atoms with Crippen molar-refractivity contribution in [1.82, 2.24) is 0 Å². The lowest BCUT2D eigenvalue weighted by Crippen LogP contribution is -1.89. The molecule has 0 radical (unpaired) electrons. The van der Waals surface area contributed by atoms with E-state index in [2.05, 4.69) is 19.6 Å². The van der Waals surface area contributed by atoms with Crippen LogP contribution in [0.25, 0.3) is 5.57 Å². The van der Waals surface area contributed by atoms with Crippen molar-refractivity contribution in [3.05, 3.63) is 40.9 Å². The summed E-state index contributed by atoms with van der Waals surface area (Å²) in [5, 5.41) is 0.807. The standard InChI is InChI=1S/C11H13Cl/c1-4-9-6-5-7-10(12)11(9)8(2)3/h5-7H,2,4H2,1,3H3. The van der Waals surface area contributed by atoms with Crippen LogP contribution in [-0.4, -0.2) is 0 Å². The maximum absolute atomic E-state index is 6.04. The Hall–Kier alpha value is -0.750. The normalized spacial score (nSPS) is 9.92. The zero-order valence-electron chi connectivity index (χ0n) is 7.52. The number of benzene rings is 1. The van der Waals surface area contributed by atoms with Gasteiger partial charge in [0.25, 0.3) is 0 Å². The first kappa shape index (κ1) is 9.34. The van der Waals surface area contributed by atoms with Crippen molar-refractivity contribution in [3.8, 4) is 0 Å². The SMILES string of the molecule is C=C(C)c1c(Cl)cccc1CC. The van der Waals surface area contributed by atoms with Crippen LogP contribution < -0.4 is 0 Å². The molecule has 64 valence electrons. The average molecular weight is 181 g/mol. The van der Waals surface area contributed by atoms with Gasteiger partial charge in [0.2, 0.25) is 0 Å². The summed E-state index contributed by atoms with van der Waals surface area (Å²) >= 11 is 6.04. The molecular weight excluding hydrogens is 168 g/mol. The molecule has 0 atom stereocenters. The zero-order chi connectivity index (χ0) is 9.14. The highest BCUT2D eigenvalue weighted by molar-refractivity contribution is 6.32. The second kappa shape index (κ2) is 3.77. The van der Waals surface area contributed by atoms with Crippen LogP contribution in [0, 0.1) is 0 Å². The molecule has 12 heavy (non-hydrogen) atoms. The van der Waals surface area contributed by atoms with E-state index in [9.17, 15) is 0 Å². The molecule has 0 saturated carbocycles. The summed E-state index contributed by atoms with van der Waals surface area (Å²) in [6, 6.07) is 5.98. The van der Waals surface area contributed by atoms with Gasteiger partial charge in [-0.15, -0.1) is 0 Å². The Kier molecular flexibility index (Phi) is 2.93. The van der Waals surface area contributed by atoms with Gasteiger partial charge in [-0.25, -0.2) is 0 Å². The highest BCUT2D eigenvalue weighted by Crippen LogP contribution is 2.26. The molecule has 0 saturated heterocycles. The Morgan fingerprint density at radius 2 is 2.17 bits per heavy atom. The lowest BCUT2D eigenvalue weighted by molar-refractivity contribution is 1.13. The predicted octanol–water partition coefficient (Wildman–Crippen LogP) is 3.94. The smallest absolute Gasteiger partial charge is 0.0483 e. The number of hydrogen-bond donors (Lipinski definition) is 0. The Morgan fingerprint density at radius 3 is 2.58 bits per heavy atom. The minimum Gasteiger partial charge on any atom is -0.0955 e. The Bertz CT molecular complexity index is 300. The summed E-state index contributed by atoms with van der Waals surface area (Å²) in [6.07, 6.45) is 1.00. The van der Waals surface area contributed by atoms with E-state index in [1.165, 1.54) is 5.56 Å². The summed E-state index contributed by atoms with van der Waals surface area (Å²) in [4.78, 5) is 0. The fourth-order valence-electron chi connectivity index (χ4n) is 1.34. The molecule has 0 aromatic heterocycles. The van der Waals surface area contributed by atoms with Gasteiger partial charge in [-0.3, -0.25) is 0 Å². The van der Waals surface area contributed by atoms with Gasteiger partial charge >= 0.3 is 0 Å². The zero-order valence-corrected chi connectivity index (χ0v) is 8.28. The fraction of sp³-hybridized carbons (Fsp3) is 0.273. The number of hydrogen-bond acceptors (Lipinski definition) is 0. The Morgan fingerprint density at radius 1 is 1.50 bits per heavy atom. The third kappa shape index (κ3) is 1.70. The van der Waals surface area contributed by atoms with Gasteiger partial charge in [0, 0.05) is 5.02 Å². The molecule has 1 rings (SSSR count). The quantitative estimate of drug-likeness (QED) is 0.647. The number of allylic oxidation sites excluding steroid dienone is 1. The maximum atomic E-state index is 6.04. The van der Waals surface area contributed by atoms with Crippen LogP contribution in [0.15, 0.2) is 24.8 Å². The van der Waals surface area contributed by atoms with Crippen LogP contribution in [0.4, 0.5) is 0 Å². The molecule has 0 bridgehead atoms. The lowest BCUT2D eigenvalue weighted by atomic mass is 10.0. The van der Waals surface area contributed by atoms with Gasteiger partial charge < -0.3 is 0 Å². The number of rotatable bonds is 2. The molecule has 0 nitrogen and oxygen atoms in total. The molecule has 0 heterocycles. The van der Waals surface area contributed by atoms with Gasteiger partial charge in [0.15, 0.2) is 0 Å². The van der Waals surface area contributed by atoms with Crippen LogP contribution in [0.2, 0.25) is 5.02 Å². The highest BCUT2D eigenvalue weighted by Gasteiger charge is 2.04. The molecule has 0 fully saturated rings. The number of aryl methyl sites for hydroxylation is 1. The third-order valence-corrected chi connectivity index (χ3v) is 2.22. The van der Waals surface area contributed by atoms with Crippen LogP contribution in [-0.2, 0) is 6.42 Å². The van der Waals surface area contributed by atoms with E-state index >= 15 is 0 Å². The third-order valence-electron chi connectivity index (χ3n) is 1.91. The van der Waals surface area contributed by atoms with Crippen LogP contribution in [0.1, 0.15) is 25.0 Å². The maximum Gasteiger partial charge on any atom is 0.0483 e. The summed E-state index contributed by atoms with van der Waals surface area (Å²) < 4.78 is 0. The minimum atomic E-state index is 0.807. The molecular formula is C11H13Cl. The van der Waals surface area contributed by atoms with E-state index in [1.54, 1.807) is 0 Å². The highest BCUT2D eigenvalue weighted by atomic mass is 35.5. The molecule has 0 aliphatic rings. The summed E-state index contributed by atoms with van der Waals surface area (Å²) in [5.41, 5.74) is 3.43. The van der Waals surface area contributed by atoms with Gasteiger partial charge in [-0.05, 0) is 36.1 Å². The Balaban J connectivity index is 3.29. The van der Waals surface area contributed by atoms with E-state index in [-0.39, 0.29) is 0 Å². The molecule has 0 aliphatic carbocycles. The van der Waals surface area contributed by atoms with Crippen LogP contribution >= 0.6 is 11.6 Å². The summed E-state index contributed by atoms with van der Waals surface area (Å²) in [5.74, 6) is 0. The monoisotopic (exact) mass is 180 g/mol. The summed E-state index contributed by atoms with van der Waals surface area (Å²) in [6.45, 7) is 8.02. The van der Waals surface area contributed by atoms with Crippen molar-refractivity contribution in [3.63, 3.8) is 0 Å². The molecule has 0 spiro atoms. The summed E-state index contributed by atoms with van der Waals surface area (Å²) in [7, 11) is 0. The van der Waals surface area contributed by atoms with Crippen molar-refractivity contribution in [2.75, 3.05) is 0 Å². The fourth-order valence-corrected chi connectivity index (χ4v) is 1.70. The first-order valence-corrected chi connectivity index (χ1v) is 4.48. The first-order valence-electron chi connectivity index (χ1n) is 4.10. The molecule has 1 heteroatoms. The topological polar surface area (TPSA) is 0 Å². The lowest BCUT2D eigenvalue weighted by Gasteiger charge is -2.08. The van der Waals surface area contributed by atoms with Crippen molar-refractivity contribution >= 4 is 17.2 Å². The van der Waals surface area contributed by atoms with E-state index in [0.29, 0.717) is 0 Å². The van der Waals surface area contributed by atoms with Crippen LogP contribution in [0.3, 0.4) is 0 Å². The first-order chi connectivity index (χ1) is 5.66. The molecule has 1 aromatic rings. The van der Waals surface area contributed by atoms with Gasteiger partial charge in [0.1, 0.15) is 0 Å². The average Bonchev–Trinajstić information content (AvgIpc) is 2.03. The second-order valence-electron chi connectivity index (χ2n) is 2.91. The van der Waals surface area contributed by atoms with Gasteiger partial charge in [-0.2, -0.15) is 0 Å². The van der Waals surface area contributed by atoms with E-state index in [1.807, 2.05) is 19.1 Å². The van der Waals surface area contributed by atoms with Gasteiger partial charge in [0.05, 0.1) is 0 Å².